The molecule has 0 saturated heterocycles. The topological polar surface area (TPSA) is 67.7 Å². The third-order valence-corrected chi connectivity index (χ3v) is 5.30. The first-order valence-electron chi connectivity index (χ1n) is 9.98. The lowest BCUT2D eigenvalue weighted by molar-refractivity contribution is 0.628. The van der Waals surface area contributed by atoms with E-state index in [0.717, 1.165) is 16.6 Å². The van der Waals surface area contributed by atoms with Crippen molar-refractivity contribution in [2.45, 2.75) is 6.54 Å². The number of hydrogen-bond donors (Lipinski definition) is 2. The SMILES string of the molecule is Fc1ccc(Nc2nc(NCc3ccccc3Cl)nc3c2cnn3-c2ccccc2)cc1. The van der Waals surface area contributed by atoms with Crippen molar-refractivity contribution in [3.63, 3.8) is 0 Å². The summed E-state index contributed by atoms with van der Waals surface area (Å²) in [5.41, 5.74) is 3.15. The first-order chi connectivity index (χ1) is 15.7. The van der Waals surface area contributed by atoms with Gasteiger partial charge in [-0.3, -0.25) is 0 Å². The molecular weight excluding hydrogens is 427 g/mol. The number of fused-ring (bicyclic) bond motifs is 1. The summed E-state index contributed by atoms with van der Waals surface area (Å²) in [7, 11) is 0. The van der Waals surface area contributed by atoms with Crippen molar-refractivity contribution in [2.24, 2.45) is 0 Å². The third kappa shape index (κ3) is 4.10. The molecule has 158 valence electrons. The van der Waals surface area contributed by atoms with Crippen molar-refractivity contribution in [3.8, 4) is 5.69 Å². The van der Waals surface area contributed by atoms with Gasteiger partial charge < -0.3 is 10.6 Å². The van der Waals surface area contributed by atoms with Gasteiger partial charge in [0.1, 0.15) is 11.6 Å². The van der Waals surface area contributed by atoms with Crippen LogP contribution in [0, 0.1) is 5.82 Å². The minimum Gasteiger partial charge on any atom is -0.350 e. The fraction of sp³-hybridized carbons (Fsp3) is 0.0417. The van der Waals surface area contributed by atoms with Crippen LogP contribution in [0.1, 0.15) is 5.56 Å². The molecule has 0 atom stereocenters. The van der Waals surface area contributed by atoms with Crippen molar-refractivity contribution in [1.29, 1.82) is 0 Å². The second kappa shape index (κ2) is 8.64. The number of benzene rings is 3. The monoisotopic (exact) mass is 444 g/mol. The molecule has 0 fully saturated rings. The summed E-state index contributed by atoms with van der Waals surface area (Å²) >= 11 is 6.29. The van der Waals surface area contributed by atoms with E-state index in [1.165, 1.54) is 12.1 Å². The molecule has 6 nitrogen and oxygen atoms in total. The maximum atomic E-state index is 13.3. The van der Waals surface area contributed by atoms with E-state index >= 15 is 0 Å². The molecule has 0 spiro atoms. The molecule has 2 aromatic heterocycles. The van der Waals surface area contributed by atoms with Crippen LogP contribution in [-0.4, -0.2) is 19.7 Å². The second-order valence-corrected chi connectivity index (χ2v) is 7.51. The standard InChI is InChI=1S/C24H18ClFN6/c25-21-9-5-4-6-16(21)14-27-24-30-22(29-18-12-10-17(26)11-13-18)20-15-28-32(23(20)31-24)19-7-2-1-3-8-19/h1-13,15H,14H2,(H2,27,29,30,31). The molecule has 5 rings (SSSR count). The van der Waals surface area contributed by atoms with E-state index in [9.17, 15) is 4.39 Å². The van der Waals surface area contributed by atoms with Crippen molar-refractivity contribution >= 4 is 40.1 Å². The number of rotatable bonds is 6. The zero-order valence-electron chi connectivity index (χ0n) is 16.8. The zero-order valence-corrected chi connectivity index (χ0v) is 17.6. The van der Waals surface area contributed by atoms with E-state index in [2.05, 4.69) is 20.7 Å². The van der Waals surface area contributed by atoms with Gasteiger partial charge in [-0.1, -0.05) is 48.0 Å². The highest BCUT2D eigenvalue weighted by Gasteiger charge is 2.15. The highest BCUT2D eigenvalue weighted by molar-refractivity contribution is 6.31. The van der Waals surface area contributed by atoms with Gasteiger partial charge in [-0.05, 0) is 48.0 Å². The predicted octanol–water partition coefficient (Wildman–Crippen LogP) is 5.96. The molecule has 3 aromatic carbocycles. The van der Waals surface area contributed by atoms with Crippen LogP contribution in [0.3, 0.4) is 0 Å². The van der Waals surface area contributed by atoms with Crippen molar-refractivity contribution in [3.05, 3.63) is 101 Å². The fourth-order valence-corrected chi connectivity index (χ4v) is 3.53. The molecule has 2 heterocycles. The molecule has 0 aliphatic rings. The summed E-state index contributed by atoms with van der Waals surface area (Å²) in [5.74, 6) is 0.674. The van der Waals surface area contributed by atoms with E-state index in [1.54, 1.807) is 23.0 Å². The highest BCUT2D eigenvalue weighted by atomic mass is 35.5. The van der Waals surface area contributed by atoms with Crippen LogP contribution in [0.5, 0.6) is 0 Å². The first kappa shape index (κ1) is 20.0. The average molecular weight is 445 g/mol. The maximum absolute atomic E-state index is 13.3. The van der Waals surface area contributed by atoms with Gasteiger partial charge in [0.25, 0.3) is 0 Å². The number of aromatic nitrogens is 4. The van der Waals surface area contributed by atoms with Gasteiger partial charge in [-0.25, -0.2) is 9.07 Å². The number of nitrogens with one attached hydrogen (secondary N) is 2. The molecule has 5 aromatic rings. The summed E-state index contributed by atoms with van der Waals surface area (Å²) < 4.78 is 15.1. The highest BCUT2D eigenvalue weighted by Crippen LogP contribution is 2.27. The molecule has 0 aliphatic heterocycles. The van der Waals surface area contributed by atoms with Crippen LogP contribution in [0.15, 0.2) is 85.1 Å². The normalized spacial score (nSPS) is 10.9. The van der Waals surface area contributed by atoms with Gasteiger partial charge in [0.15, 0.2) is 5.65 Å². The molecule has 0 aliphatic carbocycles. The summed E-state index contributed by atoms with van der Waals surface area (Å²) in [5, 5.41) is 12.4. The summed E-state index contributed by atoms with van der Waals surface area (Å²) in [6.45, 7) is 0.459. The van der Waals surface area contributed by atoms with Crippen molar-refractivity contribution in [2.75, 3.05) is 10.6 Å². The average Bonchev–Trinajstić information content (AvgIpc) is 3.25. The molecular formula is C24H18ClFN6. The Balaban J connectivity index is 1.56. The van der Waals surface area contributed by atoms with Crippen LogP contribution in [0.4, 0.5) is 21.8 Å². The minimum absolute atomic E-state index is 0.303. The van der Waals surface area contributed by atoms with Gasteiger partial charge in [0.2, 0.25) is 5.95 Å². The Morgan fingerprint density at radius 2 is 1.62 bits per heavy atom. The summed E-state index contributed by atoms with van der Waals surface area (Å²) in [6.07, 6.45) is 1.71. The lowest BCUT2D eigenvalue weighted by Gasteiger charge is -2.12. The Kier molecular flexibility index (Phi) is 5.39. The van der Waals surface area contributed by atoms with Crippen LogP contribution in [-0.2, 0) is 6.54 Å². The minimum atomic E-state index is -0.303. The quantitative estimate of drug-likeness (QED) is 0.338. The van der Waals surface area contributed by atoms with Crippen molar-refractivity contribution < 1.29 is 4.39 Å². The van der Waals surface area contributed by atoms with E-state index < -0.39 is 0 Å². The molecule has 0 radical (unpaired) electrons. The molecule has 0 amide bonds. The van der Waals surface area contributed by atoms with Crippen molar-refractivity contribution in [1.82, 2.24) is 19.7 Å². The fourth-order valence-electron chi connectivity index (χ4n) is 3.33. The van der Waals surface area contributed by atoms with E-state index in [4.69, 9.17) is 16.6 Å². The molecule has 0 unspecified atom stereocenters. The van der Waals surface area contributed by atoms with Crippen LogP contribution in [0.2, 0.25) is 5.02 Å². The molecule has 0 bridgehead atoms. The Hall–Kier alpha value is -3.97. The van der Waals surface area contributed by atoms with Gasteiger partial charge in [-0.15, -0.1) is 0 Å². The van der Waals surface area contributed by atoms with Crippen LogP contribution in [0.25, 0.3) is 16.7 Å². The summed E-state index contributed by atoms with van der Waals surface area (Å²) in [4.78, 5) is 9.35. The number of nitrogens with zero attached hydrogens (tertiary/aromatic N) is 4. The number of hydrogen-bond acceptors (Lipinski definition) is 5. The number of para-hydroxylation sites is 1. The zero-order chi connectivity index (χ0) is 21.9. The van der Waals surface area contributed by atoms with Crippen LogP contribution >= 0.6 is 11.6 Å². The Labute approximate surface area is 188 Å². The number of halogens is 2. The lowest BCUT2D eigenvalue weighted by Crippen LogP contribution is -2.07. The Morgan fingerprint density at radius 3 is 2.41 bits per heavy atom. The van der Waals surface area contributed by atoms with Crippen LogP contribution < -0.4 is 10.6 Å². The molecule has 2 N–H and O–H groups in total. The van der Waals surface area contributed by atoms with Gasteiger partial charge in [-0.2, -0.15) is 15.1 Å². The predicted molar refractivity (Wildman–Crippen MR) is 125 cm³/mol. The van der Waals surface area contributed by atoms with Gasteiger partial charge in [0.05, 0.1) is 17.3 Å². The lowest BCUT2D eigenvalue weighted by atomic mass is 10.2. The first-order valence-corrected chi connectivity index (χ1v) is 10.4. The largest absolute Gasteiger partial charge is 0.350 e. The third-order valence-electron chi connectivity index (χ3n) is 4.93. The molecule has 32 heavy (non-hydrogen) atoms. The Morgan fingerprint density at radius 1 is 0.875 bits per heavy atom. The molecule has 8 heteroatoms. The van der Waals surface area contributed by atoms with E-state index in [1.807, 2.05) is 54.6 Å². The second-order valence-electron chi connectivity index (χ2n) is 7.10. The van der Waals surface area contributed by atoms with E-state index in [0.29, 0.717) is 34.7 Å². The summed E-state index contributed by atoms with van der Waals surface area (Å²) in [6, 6.07) is 23.4. The Bertz CT molecular complexity index is 1370. The van der Waals surface area contributed by atoms with Gasteiger partial charge >= 0.3 is 0 Å². The maximum Gasteiger partial charge on any atom is 0.227 e. The van der Waals surface area contributed by atoms with E-state index in [-0.39, 0.29) is 5.82 Å². The smallest absolute Gasteiger partial charge is 0.227 e. The van der Waals surface area contributed by atoms with Gasteiger partial charge in [0, 0.05) is 17.3 Å². The number of anilines is 3. The molecule has 0 saturated carbocycles.